The molecule has 0 saturated heterocycles. The van der Waals surface area contributed by atoms with Crippen LogP contribution in [-0.2, 0) is 29.8 Å². The average molecular weight is 611 g/mol. The maximum atomic E-state index is 6.57. The summed E-state index contributed by atoms with van der Waals surface area (Å²) < 4.78 is 35.1. The van der Waals surface area contributed by atoms with E-state index in [9.17, 15) is 0 Å². The van der Waals surface area contributed by atoms with Crippen molar-refractivity contribution < 1.29 is 28.4 Å². The van der Waals surface area contributed by atoms with Gasteiger partial charge in [-0.05, 0) is 61.2 Å². The molecule has 43 heavy (non-hydrogen) atoms. The minimum Gasteiger partial charge on any atom is -0.467 e. The summed E-state index contributed by atoms with van der Waals surface area (Å²) in [6.45, 7) is 19.9. The monoisotopic (exact) mass is 610 g/mol. The Morgan fingerprint density at radius 3 is 1.37 bits per heavy atom. The van der Waals surface area contributed by atoms with Crippen molar-refractivity contribution in [3.63, 3.8) is 0 Å². The zero-order chi connectivity index (χ0) is 31.6. The van der Waals surface area contributed by atoms with Crippen molar-refractivity contribution >= 4 is 23.8 Å². The molecule has 3 aromatic rings. The molecule has 0 radical (unpaired) electrons. The third kappa shape index (κ3) is 9.76. The molecule has 0 spiro atoms. The van der Waals surface area contributed by atoms with Crippen molar-refractivity contribution in [1.29, 1.82) is 0 Å². The van der Waals surface area contributed by atoms with E-state index in [4.69, 9.17) is 28.4 Å². The number of aryl methyl sites for hydroxylation is 2. The molecule has 0 unspecified atom stereocenters. The van der Waals surface area contributed by atoms with Gasteiger partial charge < -0.3 is 28.4 Å². The predicted octanol–water partition coefficient (Wildman–Crippen LogP) is 6.66. The van der Waals surface area contributed by atoms with E-state index in [1.807, 2.05) is 0 Å². The summed E-state index contributed by atoms with van der Waals surface area (Å²) in [6, 6.07) is 19.7. The average Bonchev–Trinajstić information content (AvgIpc) is 2.94. The topological polar surface area (TPSA) is 55.4 Å². The molecule has 3 aromatic carbocycles. The van der Waals surface area contributed by atoms with E-state index in [0.29, 0.717) is 26.4 Å². The third-order valence-corrected chi connectivity index (χ3v) is 9.42. The highest BCUT2D eigenvalue weighted by molar-refractivity contribution is 7.80. The summed E-state index contributed by atoms with van der Waals surface area (Å²) in [5.74, 6) is 1.73. The first-order valence-electron chi connectivity index (χ1n) is 14.9. The number of ether oxygens (including phenoxy) is 6. The van der Waals surface area contributed by atoms with Gasteiger partial charge in [0.2, 0.25) is 0 Å². The van der Waals surface area contributed by atoms with Crippen LogP contribution in [-0.4, -0.2) is 54.2 Å². The lowest BCUT2D eigenvalue weighted by Crippen LogP contribution is -2.29. The largest absolute Gasteiger partial charge is 0.467 e. The smallest absolute Gasteiger partial charge is 0.189 e. The van der Waals surface area contributed by atoms with Crippen LogP contribution < -0.4 is 25.4 Å². The molecule has 0 aliphatic rings. The Morgan fingerprint density at radius 2 is 1.00 bits per heavy atom. The van der Waals surface area contributed by atoms with Gasteiger partial charge in [0.1, 0.15) is 11.5 Å². The molecule has 0 bridgehead atoms. The lowest BCUT2D eigenvalue weighted by molar-refractivity contribution is -0.00871. The van der Waals surface area contributed by atoms with Crippen LogP contribution >= 0.6 is 7.92 Å². The second-order valence-corrected chi connectivity index (χ2v) is 15.0. The molecule has 3 rings (SSSR count). The summed E-state index contributed by atoms with van der Waals surface area (Å²) >= 11 is 0. The first kappa shape index (κ1) is 35.0. The van der Waals surface area contributed by atoms with Crippen molar-refractivity contribution in [1.82, 2.24) is 0 Å². The molecule has 0 saturated carbocycles. The van der Waals surface area contributed by atoms with Crippen LogP contribution in [0.3, 0.4) is 0 Å². The van der Waals surface area contributed by atoms with Crippen LogP contribution in [0.1, 0.15) is 63.8 Å². The Labute approximate surface area is 260 Å². The van der Waals surface area contributed by atoms with E-state index in [1.165, 1.54) is 16.4 Å². The molecule has 0 atom stereocenters. The molecule has 0 heterocycles. The van der Waals surface area contributed by atoms with Gasteiger partial charge in [-0.2, -0.15) is 0 Å². The van der Waals surface area contributed by atoms with E-state index >= 15 is 0 Å². The molecule has 236 valence electrons. The van der Waals surface area contributed by atoms with E-state index < -0.39 is 7.92 Å². The van der Waals surface area contributed by atoms with Crippen LogP contribution in [0.5, 0.6) is 11.5 Å². The van der Waals surface area contributed by atoms with Gasteiger partial charge in [0.25, 0.3) is 0 Å². The standard InChI is InChI=1S/C36H51O6P/c1-26-20-29(35(3,4)5)33(41-24-39-18-16-37-9)31(22-26)43(28-14-12-11-13-15-28)32-23-27(2)21-30(36(6,7)8)34(32)42-25-40-19-17-38-10/h11-15,20-23H,16-19,24-25H2,1-10H3. The molecular weight excluding hydrogens is 559 g/mol. The zero-order valence-electron chi connectivity index (χ0n) is 27.8. The maximum absolute atomic E-state index is 6.57. The Balaban J connectivity index is 2.31. The summed E-state index contributed by atoms with van der Waals surface area (Å²) in [7, 11) is 2.23. The molecule has 0 aromatic heterocycles. The Kier molecular flexibility index (Phi) is 13.0. The maximum Gasteiger partial charge on any atom is 0.189 e. The number of rotatable bonds is 15. The first-order valence-corrected chi connectivity index (χ1v) is 16.3. The normalized spacial score (nSPS) is 12.2. The van der Waals surface area contributed by atoms with Crippen LogP contribution in [0.2, 0.25) is 0 Å². The molecule has 0 amide bonds. The van der Waals surface area contributed by atoms with Gasteiger partial charge >= 0.3 is 0 Å². The van der Waals surface area contributed by atoms with Gasteiger partial charge in [-0.15, -0.1) is 0 Å². The highest BCUT2D eigenvalue weighted by Gasteiger charge is 2.32. The molecule has 6 nitrogen and oxygen atoms in total. The summed E-state index contributed by atoms with van der Waals surface area (Å²) in [5, 5.41) is 3.48. The summed E-state index contributed by atoms with van der Waals surface area (Å²) in [6.07, 6.45) is 0. The van der Waals surface area contributed by atoms with Crippen LogP contribution in [0.4, 0.5) is 0 Å². The van der Waals surface area contributed by atoms with Gasteiger partial charge in [0.15, 0.2) is 13.6 Å². The molecule has 0 fully saturated rings. The van der Waals surface area contributed by atoms with Crippen LogP contribution in [0.25, 0.3) is 0 Å². The van der Waals surface area contributed by atoms with Crippen molar-refractivity contribution in [3.05, 3.63) is 76.9 Å². The van der Waals surface area contributed by atoms with Crippen molar-refractivity contribution in [3.8, 4) is 11.5 Å². The quantitative estimate of drug-likeness (QED) is 0.109. The van der Waals surface area contributed by atoms with Gasteiger partial charge in [-0.25, -0.2) is 0 Å². The summed E-state index contributed by atoms with van der Waals surface area (Å²) in [5.41, 5.74) is 4.36. The molecular formula is C36H51O6P. The molecule has 7 heteroatoms. The van der Waals surface area contributed by atoms with Gasteiger partial charge in [-0.1, -0.05) is 84.0 Å². The number of benzene rings is 3. The highest BCUT2D eigenvalue weighted by Crippen LogP contribution is 2.46. The highest BCUT2D eigenvalue weighted by atomic mass is 31.1. The van der Waals surface area contributed by atoms with Crippen molar-refractivity contribution in [2.24, 2.45) is 0 Å². The molecule has 0 aliphatic carbocycles. The number of hydrogen-bond donors (Lipinski definition) is 0. The second-order valence-electron chi connectivity index (χ2n) is 12.8. The second kappa shape index (κ2) is 16.0. The van der Waals surface area contributed by atoms with Gasteiger partial charge in [-0.3, -0.25) is 0 Å². The first-order chi connectivity index (χ1) is 20.4. The fraction of sp³-hybridized carbons (Fsp3) is 0.500. The molecule has 0 aliphatic heterocycles. The van der Waals surface area contributed by atoms with E-state index in [-0.39, 0.29) is 24.4 Å². The van der Waals surface area contributed by atoms with E-state index in [2.05, 4.69) is 110 Å². The Hall–Kier alpha value is -2.47. The Morgan fingerprint density at radius 1 is 0.581 bits per heavy atom. The van der Waals surface area contributed by atoms with Gasteiger partial charge in [0.05, 0.1) is 26.4 Å². The lowest BCUT2D eigenvalue weighted by atomic mass is 9.85. The minimum absolute atomic E-state index is 0.137. The minimum atomic E-state index is -1.11. The predicted molar refractivity (Wildman–Crippen MR) is 179 cm³/mol. The zero-order valence-corrected chi connectivity index (χ0v) is 28.7. The lowest BCUT2D eigenvalue weighted by Gasteiger charge is -2.32. The van der Waals surface area contributed by atoms with Crippen LogP contribution in [0.15, 0.2) is 54.6 Å². The Bertz CT molecular complexity index is 1210. The van der Waals surface area contributed by atoms with Crippen molar-refractivity contribution in [2.45, 2.75) is 66.2 Å². The molecule has 0 N–H and O–H groups in total. The number of hydrogen-bond acceptors (Lipinski definition) is 6. The SMILES string of the molecule is COCCOCOc1c(P(c2ccccc2)c2cc(C)cc(C(C)(C)C)c2OCOCCOC)cc(C)cc1C(C)(C)C. The van der Waals surface area contributed by atoms with Crippen LogP contribution in [0, 0.1) is 13.8 Å². The van der Waals surface area contributed by atoms with E-state index in [1.54, 1.807) is 14.2 Å². The fourth-order valence-corrected chi connectivity index (χ4v) is 7.57. The fourth-order valence-electron chi connectivity index (χ4n) is 4.85. The van der Waals surface area contributed by atoms with E-state index in [0.717, 1.165) is 33.2 Å². The number of methoxy groups -OCH3 is 2. The third-order valence-electron chi connectivity index (χ3n) is 6.98. The van der Waals surface area contributed by atoms with Crippen molar-refractivity contribution in [2.75, 3.05) is 54.2 Å². The van der Waals surface area contributed by atoms with Gasteiger partial charge in [0, 0.05) is 36.0 Å². The summed E-state index contributed by atoms with van der Waals surface area (Å²) in [4.78, 5) is 0.